The summed E-state index contributed by atoms with van der Waals surface area (Å²) in [5, 5.41) is 16.3. The number of carbonyl (C=O) groups is 2. The number of rotatable bonds is 5. The molecule has 0 aliphatic carbocycles. The number of non-ortho nitro benzene ring substituents is 1. The Hall–Kier alpha value is -2.93. The van der Waals surface area contributed by atoms with Crippen molar-refractivity contribution in [2.45, 2.75) is 13.8 Å². The van der Waals surface area contributed by atoms with E-state index in [2.05, 4.69) is 10.6 Å². The highest BCUT2D eigenvalue weighted by molar-refractivity contribution is 6.34. The smallest absolute Gasteiger partial charge is 0.270 e. The van der Waals surface area contributed by atoms with Gasteiger partial charge in [0, 0.05) is 29.4 Å². The quantitative estimate of drug-likeness (QED) is 0.618. The minimum atomic E-state index is -0.602. The second-order valence-electron chi connectivity index (χ2n) is 5.60. The Labute approximate surface area is 149 Å². The lowest BCUT2D eigenvalue weighted by molar-refractivity contribution is -0.384. The average Bonchev–Trinajstić information content (AvgIpc) is 2.55. The van der Waals surface area contributed by atoms with Gasteiger partial charge in [0.05, 0.1) is 15.5 Å². The topological polar surface area (TPSA) is 101 Å². The van der Waals surface area contributed by atoms with E-state index in [-0.39, 0.29) is 28.1 Å². The molecule has 0 aliphatic rings. The number of carbonyl (C=O) groups excluding carboxylic acids is 2. The second-order valence-corrected chi connectivity index (χ2v) is 6.01. The summed E-state index contributed by atoms with van der Waals surface area (Å²) in [4.78, 5) is 34.3. The Kier molecular flexibility index (Phi) is 5.71. The van der Waals surface area contributed by atoms with Crippen LogP contribution in [0.15, 0.2) is 42.5 Å². The molecule has 7 nitrogen and oxygen atoms in total. The standard InChI is InChI=1S/C17H16ClN3O4/c1-10(2)16(22)19-11-4-3-5-12(8-11)20-17(23)14-9-13(21(24)25)6-7-15(14)18/h3-10H,1-2H3,(H,19,22)(H,20,23). The molecule has 0 spiro atoms. The van der Waals surface area contributed by atoms with Crippen molar-refractivity contribution >= 4 is 40.5 Å². The van der Waals surface area contributed by atoms with E-state index in [0.717, 1.165) is 6.07 Å². The lowest BCUT2D eigenvalue weighted by Gasteiger charge is -2.10. The maximum atomic E-state index is 12.3. The molecule has 0 bridgehead atoms. The molecule has 0 saturated carbocycles. The monoisotopic (exact) mass is 361 g/mol. The fourth-order valence-corrected chi connectivity index (χ4v) is 2.16. The first-order chi connectivity index (χ1) is 11.8. The number of halogens is 1. The molecule has 0 aliphatic heterocycles. The Bertz CT molecular complexity index is 836. The third kappa shape index (κ3) is 4.77. The first kappa shape index (κ1) is 18.4. The number of hydrogen-bond donors (Lipinski definition) is 2. The Morgan fingerprint density at radius 3 is 2.32 bits per heavy atom. The molecule has 0 atom stereocenters. The maximum Gasteiger partial charge on any atom is 0.270 e. The van der Waals surface area contributed by atoms with Gasteiger partial charge >= 0.3 is 0 Å². The molecule has 2 aromatic rings. The van der Waals surface area contributed by atoms with Crippen molar-refractivity contribution in [2.75, 3.05) is 10.6 Å². The molecule has 0 heterocycles. The molecule has 0 unspecified atom stereocenters. The number of nitrogens with one attached hydrogen (secondary N) is 2. The minimum Gasteiger partial charge on any atom is -0.326 e. The Morgan fingerprint density at radius 1 is 1.08 bits per heavy atom. The lowest BCUT2D eigenvalue weighted by Crippen LogP contribution is -2.18. The van der Waals surface area contributed by atoms with Crippen molar-refractivity contribution < 1.29 is 14.5 Å². The summed E-state index contributed by atoms with van der Waals surface area (Å²) in [5.41, 5.74) is 0.718. The van der Waals surface area contributed by atoms with Crippen LogP contribution in [0.1, 0.15) is 24.2 Å². The summed E-state index contributed by atoms with van der Waals surface area (Å²) in [6.45, 7) is 3.54. The SMILES string of the molecule is CC(C)C(=O)Nc1cccc(NC(=O)c2cc([N+](=O)[O-])ccc2Cl)c1. The van der Waals surface area contributed by atoms with E-state index in [1.54, 1.807) is 38.1 Å². The van der Waals surface area contributed by atoms with Gasteiger partial charge in [0.15, 0.2) is 0 Å². The zero-order valence-corrected chi connectivity index (χ0v) is 14.3. The van der Waals surface area contributed by atoms with Crippen LogP contribution >= 0.6 is 11.6 Å². The highest BCUT2D eigenvalue weighted by atomic mass is 35.5. The fourth-order valence-electron chi connectivity index (χ4n) is 1.96. The van der Waals surface area contributed by atoms with E-state index >= 15 is 0 Å². The van der Waals surface area contributed by atoms with Gasteiger partial charge in [-0.3, -0.25) is 19.7 Å². The summed E-state index contributed by atoms with van der Waals surface area (Å²) in [5.74, 6) is -0.909. The van der Waals surface area contributed by atoms with Gasteiger partial charge in [0.2, 0.25) is 5.91 Å². The number of nitro benzene ring substituents is 1. The molecule has 0 saturated heterocycles. The molecule has 2 amide bonds. The molecular weight excluding hydrogens is 346 g/mol. The van der Waals surface area contributed by atoms with Gasteiger partial charge < -0.3 is 10.6 Å². The molecule has 8 heteroatoms. The van der Waals surface area contributed by atoms with Crippen molar-refractivity contribution in [2.24, 2.45) is 5.92 Å². The van der Waals surface area contributed by atoms with Gasteiger partial charge in [-0.05, 0) is 24.3 Å². The number of amides is 2. The number of hydrogen-bond acceptors (Lipinski definition) is 4. The molecular formula is C17H16ClN3O4. The summed E-state index contributed by atoms with van der Waals surface area (Å²) in [6.07, 6.45) is 0. The van der Waals surface area contributed by atoms with Crippen LogP contribution in [0.5, 0.6) is 0 Å². The van der Waals surface area contributed by atoms with E-state index < -0.39 is 10.8 Å². The van der Waals surface area contributed by atoms with Gasteiger partial charge in [-0.25, -0.2) is 0 Å². The van der Waals surface area contributed by atoms with Crippen molar-refractivity contribution in [1.82, 2.24) is 0 Å². The van der Waals surface area contributed by atoms with Crippen LogP contribution in [-0.2, 0) is 4.79 Å². The Balaban J connectivity index is 2.20. The summed E-state index contributed by atoms with van der Waals surface area (Å²) in [6, 6.07) is 10.2. The average molecular weight is 362 g/mol. The van der Waals surface area contributed by atoms with E-state index in [1.807, 2.05) is 0 Å². The summed E-state index contributed by atoms with van der Waals surface area (Å²) in [7, 11) is 0. The highest BCUT2D eigenvalue weighted by Gasteiger charge is 2.16. The van der Waals surface area contributed by atoms with Crippen molar-refractivity contribution in [3.63, 3.8) is 0 Å². The van der Waals surface area contributed by atoms with Gasteiger partial charge in [0.25, 0.3) is 11.6 Å². The van der Waals surface area contributed by atoms with Crippen molar-refractivity contribution in [1.29, 1.82) is 0 Å². The third-order valence-electron chi connectivity index (χ3n) is 3.32. The molecule has 2 rings (SSSR count). The number of benzene rings is 2. The maximum absolute atomic E-state index is 12.3. The van der Waals surface area contributed by atoms with Crippen LogP contribution in [0.2, 0.25) is 5.02 Å². The van der Waals surface area contributed by atoms with Crippen molar-refractivity contribution in [3.05, 3.63) is 63.2 Å². The zero-order chi connectivity index (χ0) is 18.6. The minimum absolute atomic E-state index is 0.00696. The van der Waals surface area contributed by atoms with Crippen LogP contribution in [0.3, 0.4) is 0 Å². The van der Waals surface area contributed by atoms with Gasteiger partial charge in [-0.15, -0.1) is 0 Å². The van der Waals surface area contributed by atoms with E-state index in [0.29, 0.717) is 11.4 Å². The van der Waals surface area contributed by atoms with Gasteiger partial charge in [0.1, 0.15) is 0 Å². The fraction of sp³-hybridized carbons (Fsp3) is 0.176. The summed E-state index contributed by atoms with van der Waals surface area (Å²) >= 11 is 5.96. The van der Waals surface area contributed by atoms with Crippen LogP contribution in [0, 0.1) is 16.0 Å². The third-order valence-corrected chi connectivity index (χ3v) is 3.65. The first-order valence-corrected chi connectivity index (χ1v) is 7.82. The normalized spacial score (nSPS) is 10.4. The molecule has 2 N–H and O–H groups in total. The molecule has 0 radical (unpaired) electrons. The van der Waals surface area contributed by atoms with Crippen LogP contribution < -0.4 is 10.6 Å². The highest BCUT2D eigenvalue weighted by Crippen LogP contribution is 2.24. The first-order valence-electron chi connectivity index (χ1n) is 7.44. The second kappa shape index (κ2) is 7.76. The number of nitrogens with zero attached hydrogens (tertiary/aromatic N) is 1. The van der Waals surface area contributed by atoms with Gasteiger partial charge in [-0.2, -0.15) is 0 Å². The van der Waals surface area contributed by atoms with E-state index in [1.165, 1.54) is 12.1 Å². The Morgan fingerprint density at radius 2 is 1.72 bits per heavy atom. The molecule has 2 aromatic carbocycles. The predicted octanol–water partition coefficient (Wildman–Crippen LogP) is 4.10. The molecule has 130 valence electrons. The summed E-state index contributed by atoms with van der Waals surface area (Å²) < 4.78 is 0. The lowest BCUT2D eigenvalue weighted by atomic mass is 10.1. The number of nitro groups is 1. The zero-order valence-electron chi connectivity index (χ0n) is 13.6. The van der Waals surface area contributed by atoms with E-state index in [4.69, 9.17) is 11.6 Å². The number of anilines is 2. The van der Waals surface area contributed by atoms with Crippen LogP contribution in [-0.4, -0.2) is 16.7 Å². The predicted molar refractivity (Wildman–Crippen MR) is 96.0 cm³/mol. The van der Waals surface area contributed by atoms with Crippen LogP contribution in [0.25, 0.3) is 0 Å². The van der Waals surface area contributed by atoms with Gasteiger partial charge in [-0.1, -0.05) is 31.5 Å². The van der Waals surface area contributed by atoms with E-state index in [9.17, 15) is 19.7 Å². The molecule has 25 heavy (non-hydrogen) atoms. The largest absolute Gasteiger partial charge is 0.326 e. The van der Waals surface area contributed by atoms with Crippen molar-refractivity contribution in [3.8, 4) is 0 Å². The van der Waals surface area contributed by atoms with Crippen LogP contribution in [0.4, 0.5) is 17.1 Å². The molecule has 0 fully saturated rings. The molecule has 0 aromatic heterocycles.